The second-order valence-corrected chi connectivity index (χ2v) is 4.04. The number of rotatable bonds is 3. The first kappa shape index (κ1) is 12.8. The van der Waals surface area contributed by atoms with Gasteiger partial charge < -0.3 is 15.0 Å². The highest BCUT2D eigenvalue weighted by Gasteiger charge is 2.23. The average Bonchev–Trinajstić information content (AvgIpc) is 2.30. The Labute approximate surface area is 96.1 Å². The van der Waals surface area contributed by atoms with Crippen LogP contribution in [0.25, 0.3) is 0 Å². The van der Waals surface area contributed by atoms with E-state index in [2.05, 4.69) is 10.1 Å². The largest absolute Gasteiger partial charge is 0.453 e. The Kier molecular flexibility index (Phi) is 5.08. The maximum absolute atomic E-state index is 11.6. The van der Waals surface area contributed by atoms with Crippen LogP contribution in [0.15, 0.2) is 0 Å². The van der Waals surface area contributed by atoms with Crippen LogP contribution in [-0.4, -0.2) is 43.1 Å². The molecule has 1 fully saturated rings. The molecule has 2 amide bonds. The summed E-state index contributed by atoms with van der Waals surface area (Å²) in [6.45, 7) is 3.46. The highest BCUT2D eigenvalue weighted by molar-refractivity contribution is 5.76. The smallest absolute Gasteiger partial charge is 0.407 e. The Morgan fingerprint density at radius 1 is 1.38 bits per heavy atom. The third kappa shape index (κ3) is 3.72. The molecule has 0 bridgehead atoms. The van der Waals surface area contributed by atoms with Crippen LogP contribution >= 0.6 is 0 Å². The summed E-state index contributed by atoms with van der Waals surface area (Å²) >= 11 is 0. The summed E-state index contributed by atoms with van der Waals surface area (Å²) in [5, 5.41) is 2.76. The Balaban J connectivity index is 2.28. The van der Waals surface area contributed by atoms with Gasteiger partial charge in [0.25, 0.3) is 0 Å². The lowest BCUT2D eigenvalue weighted by atomic mass is 10.0. The van der Waals surface area contributed by atoms with Gasteiger partial charge in [-0.2, -0.15) is 0 Å². The molecule has 1 saturated heterocycles. The normalized spacial score (nSPS) is 17.0. The van der Waals surface area contributed by atoms with Crippen molar-refractivity contribution in [2.24, 2.45) is 0 Å². The first-order valence-corrected chi connectivity index (χ1v) is 5.79. The van der Waals surface area contributed by atoms with Crippen LogP contribution in [0.5, 0.6) is 0 Å². The quantitative estimate of drug-likeness (QED) is 0.788. The van der Waals surface area contributed by atoms with Crippen LogP contribution in [0.1, 0.15) is 32.6 Å². The number of nitrogens with zero attached hydrogens (tertiary/aromatic N) is 1. The number of carbonyl (C=O) groups excluding carboxylic acids is 2. The van der Waals surface area contributed by atoms with Gasteiger partial charge >= 0.3 is 6.09 Å². The van der Waals surface area contributed by atoms with Gasteiger partial charge in [-0.15, -0.1) is 0 Å². The zero-order valence-electron chi connectivity index (χ0n) is 9.99. The van der Waals surface area contributed by atoms with E-state index in [1.807, 2.05) is 11.8 Å². The summed E-state index contributed by atoms with van der Waals surface area (Å²) < 4.78 is 4.54. The minimum absolute atomic E-state index is 0.137. The van der Waals surface area contributed by atoms with E-state index in [-0.39, 0.29) is 11.9 Å². The van der Waals surface area contributed by atoms with Crippen LogP contribution in [0, 0.1) is 0 Å². The number of ether oxygens (including phenoxy) is 1. The predicted octanol–water partition coefficient (Wildman–Crippen LogP) is 1.13. The summed E-state index contributed by atoms with van der Waals surface area (Å²) in [7, 11) is 1.36. The van der Waals surface area contributed by atoms with Crippen molar-refractivity contribution in [1.82, 2.24) is 10.2 Å². The van der Waals surface area contributed by atoms with Gasteiger partial charge in [-0.1, -0.05) is 6.92 Å². The fourth-order valence-corrected chi connectivity index (χ4v) is 1.87. The number of likely N-dealkylation sites (tertiary alicyclic amines) is 1. The first-order chi connectivity index (χ1) is 7.67. The van der Waals surface area contributed by atoms with Gasteiger partial charge in [-0.3, -0.25) is 4.79 Å². The molecule has 92 valence electrons. The SMILES string of the molecule is CCCC(=O)N1CCC(NC(=O)OC)CC1. The van der Waals surface area contributed by atoms with E-state index in [4.69, 9.17) is 0 Å². The second-order valence-electron chi connectivity index (χ2n) is 4.04. The number of piperidine rings is 1. The lowest BCUT2D eigenvalue weighted by molar-refractivity contribution is -0.132. The number of nitrogens with one attached hydrogen (secondary N) is 1. The van der Waals surface area contributed by atoms with E-state index in [1.54, 1.807) is 0 Å². The van der Waals surface area contributed by atoms with E-state index < -0.39 is 6.09 Å². The maximum atomic E-state index is 11.6. The van der Waals surface area contributed by atoms with Crippen molar-refractivity contribution in [3.8, 4) is 0 Å². The van der Waals surface area contributed by atoms with Gasteiger partial charge in [0.05, 0.1) is 7.11 Å². The zero-order valence-corrected chi connectivity index (χ0v) is 9.99. The number of hydrogen-bond donors (Lipinski definition) is 1. The fourth-order valence-electron chi connectivity index (χ4n) is 1.87. The van der Waals surface area contributed by atoms with Crippen molar-refractivity contribution in [1.29, 1.82) is 0 Å². The predicted molar refractivity (Wildman–Crippen MR) is 60.1 cm³/mol. The molecule has 0 atom stereocenters. The van der Waals surface area contributed by atoms with Crippen LogP contribution in [0.3, 0.4) is 0 Å². The molecule has 16 heavy (non-hydrogen) atoms. The van der Waals surface area contributed by atoms with Gasteiger partial charge in [-0.05, 0) is 19.3 Å². The number of amides is 2. The Morgan fingerprint density at radius 3 is 2.50 bits per heavy atom. The Morgan fingerprint density at radius 2 is 2.00 bits per heavy atom. The highest BCUT2D eigenvalue weighted by atomic mass is 16.5. The molecule has 5 nitrogen and oxygen atoms in total. The minimum atomic E-state index is -0.390. The summed E-state index contributed by atoms with van der Waals surface area (Å²) in [6.07, 6.45) is 2.74. The molecule has 0 aliphatic carbocycles. The van der Waals surface area contributed by atoms with Crippen molar-refractivity contribution in [3.63, 3.8) is 0 Å². The molecule has 1 aliphatic heterocycles. The third-order valence-electron chi connectivity index (χ3n) is 2.82. The molecule has 1 aliphatic rings. The lowest BCUT2D eigenvalue weighted by Gasteiger charge is -2.32. The Hall–Kier alpha value is -1.26. The molecule has 1 N–H and O–H groups in total. The standard InChI is InChI=1S/C11H20N2O3/c1-3-4-10(14)13-7-5-9(6-8-13)12-11(15)16-2/h9H,3-8H2,1-2H3,(H,12,15). The molecular formula is C11H20N2O3. The van der Waals surface area contributed by atoms with Gasteiger partial charge in [0, 0.05) is 25.6 Å². The zero-order chi connectivity index (χ0) is 12.0. The molecule has 0 aromatic carbocycles. The molecule has 0 spiro atoms. The van der Waals surface area contributed by atoms with E-state index >= 15 is 0 Å². The fraction of sp³-hybridized carbons (Fsp3) is 0.818. The van der Waals surface area contributed by atoms with Crippen LogP contribution in [0.2, 0.25) is 0 Å². The van der Waals surface area contributed by atoms with Gasteiger partial charge in [0.15, 0.2) is 0 Å². The highest BCUT2D eigenvalue weighted by Crippen LogP contribution is 2.12. The van der Waals surface area contributed by atoms with E-state index in [0.717, 1.165) is 32.4 Å². The molecule has 1 rings (SSSR count). The number of methoxy groups -OCH3 is 1. The second kappa shape index (κ2) is 6.35. The monoisotopic (exact) mass is 228 g/mol. The van der Waals surface area contributed by atoms with Crippen LogP contribution < -0.4 is 5.32 Å². The minimum Gasteiger partial charge on any atom is -0.453 e. The van der Waals surface area contributed by atoms with E-state index in [9.17, 15) is 9.59 Å². The molecular weight excluding hydrogens is 208 g/mol. The third-order valence-corrected chi connectivity index (χ3v) is 2.82. The molecule has 0 saturated carbocycles. The molecule has 5 heteroatoms. The van der Waals surface area contributed by atoms with Gasteiger partial charge in [-0.25, -0.2) is 4.79 Å². The molecule has 0 aromatic rings. The van der Waals surface area contributed by atoms with Gasteiger partial charge in [0.1, 0.15) is 0 Å². The number of carbonyl (C=O) groups is 2. The summed E-state index contributed by atoms with van der Waals surface area (Å²) in [4.78, 5) is 24.5. The molecule has 0 aromatic heterocycles. The average molecular weight is 228 g/mol. The van der Waals surface area contributed by atoms with Crippen LogP contribution in [0.4, 0.5) is 4.79 Å². The molecule has 0 radical (unpaired) electrons. The number of hydrogen-bond acceptors (Lipinski definition) is 3. The summed E-state index contributed by atoms with van der Waals surface area (Å²) in [5.41, 5.74) is 0. The van der Waals surface area contributed by atoms with E-state index in [1.165, 1.54) is 7.11 Å². The Bertz CT molecular complexity index is 248. The molecule has 1 heterocycles. The summed E-state index contributed by atoms with van der Waals surface area (Å²) in [6, 6.07) is 0.137. The van der Waals surface area contributed by atoms with Crippen LogP contribution in [-0.2, 0) is 9.53 Å². The van der Waals surface area contributed by atoms with Crippen molar-refractivity contribution in [3.05, 3.63) is 0 Å². The van der Waals surface area contributed by atoms with Crippen molar-refractivity contribution >= 4 is 12.0 Å². The van der Waals surface area contributed by atoms with Crippen molar-refractivity contribution in [2.45, 2.75) is 38.6 Å². The lowest BCUT2D eigenvalue weighted by Crippen LogP contribution is -2.46. The van der Waals surface area contributed by atoms with Gasteiger partial charge in [0.2, 0.25) is 5.91 Å². The topological polar surface area (TPSA) is 58.6 Å². The van der Waals surface area contributed by atoms with Crippen molar-refractivity contribution < 1.29 is 14.3 Å². The maximum Gasteiger partial charge on any atom is 0.407 e. The first-order valence-electron chi connectivity index (χ1n) is 5.79. The summed E-state index contributed by atoms with van der Waals surface area (Å²) in [5.74, 6) is 0.221. The molecule has 0 unspecified atom stereocenters. The van der Waals surface area contributed by atoms with E-state index in [0.29, 0.717) is 6.42 Å². The number of alkyl carbamates (subject to hydrolysis) is 1. The van der Waals surface area contributed by atoms with Crippen molar-refractivity contribution in [2.75, 3.05) is 20.2 Å².